The number of nitrogens with one attached hydrogen (secondary N) is 1. The number of rotatable bonds is 7. The minimum Gasteiger partial charge on any atom is -0.487 e. The molecule has 1 heterocycles. The second-order valence-electron chi connectivity index (χ2n) is 6.93. The molecule has 0 aliphatic rings. The lowest BCUT2D eigenvalue weighted by molar-refractivity contribution is 0.301. The molecular formula is C25H24N2O. The maximum absolute atomic E-state index is 5.89. The van der Waals surface area contributed by atoms with E-state index in [9.17, 15) is 0 Å². The second-order valence-corrected chi connectivity index (χ2v) is 6.93. The molecule has 0 spiro atoms. The van der Waals surface area contributed by atoms with Crippen LogP contribution in [-0.4, -0.2) is 4.98 Å². The number of pyridine rings is 1. The molecule has 0 saturated carbocycles. The van der Waals surface area contributed by atoms with E-state index in [1.165, 1.54) is 21.9 Å². The molecule has 4 aromatic rings. The fraction of sp³-hybridized carbons (Fsp3) is 0.160. The number of hydrogen-bond donors (Lipinski definition) is 1. The Morgan fingerprint density at radius 3 is 2.61 bits per heavy atom. The lowest BCUT2D eigenvalue weighted by Gasteiger charge is -2.17. The first-order valence-electron chi connectivity index (χ1n) is 9.62. The Hall–Kier alpha value is -3.17. The maximum atomic E-state index is 5.89. The Bertz CT molecular complexity index is 1040. The normalized spacial score (nSPS) is 12.0. The first-order chi connectivity index (χ1) is 13.8. The summed E-state index contributed by atoms with van der Waals surface area (Å²) in [4.78, 5) is 4.30. The van der Waals surface area contributed by atoms with Gasteiger partial charge < -0.3 is 10.1 Å². The summed E-state index contributed by atoms with van der Waals surface area (Å²) in [7, 11) is 0. The fourth-order valence-corrected chi connectivity index (χ4v) is 3.39. The van der Waals surface area contributed by atoms with Crippen molar-refractivity contribution in [2.24, 2.45) is 0 Å². The summed E-state index contributed by atoms with van der Waals surface area (Å²) in [5, 5.41) is 6.22. The summed E-state index contributed by atoms with van der Waals surface area (Å²) in [6.45, 7) is 3.47. The fourth-order valence-electron chi connectivity index (χ4n) is 3.39. The standard InChI is InChI=1S/C25H24N2O/c1-19(24-14-7-10-21-9-2-3-13-25(21)24)27-17-20-8-6-12-23(16-20)28-18-22-11-4-5-15-26-22/h2-16,19,27H,17-18H2,1H3. The van der Waals surface area contributed by atoms with Crippen molar-refractivity contribution in [2.45, 2.75) is 26.1 Å². The molecule has 1 unspecified atom stereocenters. The molecule has 1 N–H and O–H groups in total. The molecule has 3 nitrogen and oxygen atoms in total. The summed E-state index contributed by atoms with van der Waals surface area (Å²) in [5.41, 5.74) is 3.45. The van der Waals surface area contributed by atoms with Crippen molar-refractivity contribution in [2.75, 3.05) is 0 Å². The van der Waals surface area contributed by atoms with Crippen LogP contribution in [0, 0.1) is 0 Å². The van der Waals surface area contributed by atoms with Crippen molar-refractivity contribution in [1.29, 1.82) is 0 Å². The number of aromatic nitrogens is 1. The zero-order chi connectivity index (χ0) is 19.2. The van der Waals surface area contributed by atoms with Gasteiger partial charge in [-0.05, 0) is 53.1 Å². The highest BCUT2D eigenvalue weighted by Crippen LogP contribution is 2.24. The van der Waals surface area contributed by atoms with Crippen LogP contribution in [0.3, 0.4) is 0 Å². The Balaban J connectivity index is 1.40. The van der Waals surface area contributed by atoms with Gasteiger partial charge >= 0.3 is 0 Å². The summed E-state index contributed by atoms with van der Waals surface area (Å²) in [6, 6.07) is 29.4. The zero-order valence-electron chi connectivity index (χ0n) is 16.0. The summed E-state index contributed by atoms with van der Waals surface area (Å²) < 4.78 is 5.89. The van der Waals surface area contributed by atoms with E-state index in [0.29, 0.717) is 6.61 Å². The lowest BCUT2D eigenvalue weighted by atomic mass is 9.99. The minimum atomic E-state index is 0.254. The van der Waals surface area contributed by atoms with Crippen LogP contribution in [0.15, 0.2) is 91.1 Å². The minimum absolute atomic E-state index is 0.254. The highest BCUT2D eigenvalue weighted by Gasteiger charge is 2.09. The summed E-state index contributed by atoms with van der Waals surface area (Å²) in [5.74, 6) is 0.864. The van der Waals surface area contributed by atoms with E-state index < -0.39 is 0 Å². The third-order valence-electron chi connectivity index (χ3n) is 4.91. The lowest BCUT2D eigenvalue weighted by Crippen LogP contribution is -2.18. The van der Waals surface area contributed by atoms with Crippen LogP contribution in [-0.2, 0) is 13.2 Å². The number of ether oxygens (including phenoxy) is 1. The van der Waals surface area contributed by atoms with Crippen molar-refractivity contribution >= 4 is 10.8 Å². The smallest absolute Gasteiger partial charge is 0.130 e. The van der Waals surface area contributed by atoms with Gasteiger partial charge in [-0.1, -0.05) is 60.7 Å². The molecule has 0 aliphatic carbocycles. The van der Waals surface area contributed by atoms with Gasteiger partial charge in [0.15, 0.2) is 0 Å². The zero-order valence-corrected chi connectivity index (χ0v) is 16.0. The van der Waals surface area contributed by atoms with Crippen LogP contribution in [0.5, 0.6) is 5.75 Å². The van der Waals surface area contributed by atoms with Crippen LogP contribution in [0.4, 0.5) is 0 Å². The molecule has 28 heavy (non-hydrogen) atoms. The van der Waals surface area contributed by atoms with E-state index in [1.807, 2.05) is 30.3 Å². The molecule has 0 amide bonds. The van der Waals surface area contributed by atoms with Gasteiger partial charge in [0.25, 0.3) is 0 Å². The van der Waals surface area contributed by atoms with Crippen LogP contribution >= 0.6 is 0 Å². The highest BCUT2D eigenvalue weighted by molar-refractivity contribution is 5.86. The topological polar surface area (TPSA) is 34.1 Å². The van der Waals surface area contributed by atoms with E-state index in [4.69, 9.17) is 4.74 Å². The number of nitrogens with zero attached hydrogens (tertiary/aromatic N) is 1. The molecule has 3 heteroatoms. The van der Waals surface area contributed by atoms with Gasteiger partial charge in [-0.25, -0.2) is 0 Å². The predicted octanol–water partition coefficient (Wildman–Crippen LogP) is 5.66. The first kappa shape index (κ1) is 18.2. The average Bonchev–Trinajstić information content (AvgIpc) is 2.77. The van der Waals surface area contributed by atoms with Crippen molar-refractivity contribution in [1.82, 2.24) is 10.3 Å². The van der Waals surface area contributed by atoms with E-state index in [2.05, 4.69) is 71.8 Å². The van der Waals surface area contributed by atoms with Crippen molar-refractivity contribution in [3.05, 3.63) is 108 Å². The highest BCUT2D eigenvalue weighted by atomic mass is 16.5. The Morgan fingerprint density at radius 1 is 0.893 bits per heavy atom. The van der Waals surface area contributed by atoms with Gasteiger partial charge in [-0.2, -0.15) is 0 Å². The van der Waals surface area contributed by atoms with Crippen LogP contribution in [0.2, 0.25) is 0 Å². The van der Waals surface area contributed by atoms with Crippen molar-refractivity contribution in [3.63, 3.8) is 0 Å². The molecule has 0 saturated heterocycles. The molecule has 3 aromatic carbocycles. The second kappa shape index (κ2) is 8.68. The predicted molar refractivity (Wildman–Crippen MR) is 114 cm³/mol. The Labute approximate surface area is 166 Å². The Morgan fingerprint density at radius 2 is 1.71 bits per heavy atom. The number of benzene rings is 3. The van der Waals surface area contributed by atoms with Gasteiger partial charge in [-0.3, -0.25) is 4.98 Å². The quantitative estimate of drug-likeness (QED) is 0.457. The average molecular weight is 368 g/mol. The molecule has 0 bridgehead atoms. The maximum Gasteiger partial charge on any atom is 0.130 e. The van der Waals surface area contributed by atoms with E-state index >= 15 is 0 Å². The molecule has 4 rings (SSSR count). The monoisotopic (exact) mass is 368 g/mol. The Kier molecular flexibility index (Phi) is 5.64. The third kappa shape index (κ3) is 4.38. The molecule has 0 fully saturated rings. The van der Waals surface area contributed by atoms with Crippen molar-refractivity contribution in [3.8, 4) is 5.75 Å². The summed E-state index contributed by atoms with van der Waals surface area (Å²) in [6.07, 6.45) is 1.79. The van der Waals surface area contributed by atoms with Crippen molar-refractivity contribution < 1.29 is 4.74 Å². The SMILES string of the molecule is CC(NCc1cccc(OCc2ccccn2)c1)c1cccc2ccccc12. The largest absolute Gasteiger partial charge is 0.487 e. The molecular weight excluding hydrogens is 344 g/mol. The number of fused-ring (bicyclic) bond motifs is 1. The molecule has 1 atom stereocenters. The third-order valence-corrected chi connectivity index (χ3v) is 4.91. The van der Waals surface area contributed by atoms with Crippen LogP contribution in [0.25, 0.3) is 10.8 Å². The van der Waals surface area contributed by atoms with E-state index in [0.717, 1.165) is 18.0 Å². The van der Waals surface area contributed by atoms with Gasteiger partial charge in [0, 0.05) is 18.8 Å². The van der Waals surface area contributed by atoms with Gasteiger partial charge in [0.05, 0.1) is 5.69 Å². The van der Waals surface area contributed by atoms with Crippen LogP contribution < -0.4 is 10.1 Å². The van der Waals surface area contributed by atoms with Gasteiger partial charge in [0.1, 0.15) is 12.4 Å². The van der Waals surface area contributed by atoms with Gasteiger partial charge in [0.2, 0.25) is 0 Å². The molecule has 0 radical (unpaired) electrons. The molecule has 140 valence electrons. The first-order valence-corrected chi connectivity index (χ1v) is 9.62. The van der Waals surface area contributed by atoms with Gasteiger partial charge in [-0.15, -0.1) is 0 Å². The van der Waals surface area contributed by atoms with E-state index in [1.54, 1.807) is 6.20 Å². The van der Waals surface area contributed by atoms with E-state index in [-0.39, 0.29) is 6.04 Å². The molecule has 1 aromatic heterocycles. The number of hydrogen-bond acceptors (Lipinski definition) is 3. The van der Waals surface area contributed by atoms with Crippen LogP contribution in [0.1, 0.15) is 29.8 Å². The summed E-state index contributed by atoms with van der Waals surface area (Å²) >= 11 is 0. The molecule has 0 aliphatic heterocycles.